The standard InChI is InChI=1S/C17H25NO4/c1-11(16(20)21)12(2)18-15(19)10-22-14-8-6-13(7-9-14)17(3,4)5/h6-9,11-12H,10H2,1-5H3,(H,18,19)(H,20,21). The smallest absolute Gasteiger partial charge is 0.308 e. The number of carboxylic acids is 1. The van der Waals surface area contributed by atoms with Crippen LogP contribution in [0.4, 0.5) is 0 Å². The molecular formula is C17H25NO4. The van der Waals surface area contributed by atoms with Crippen molar-refractivity contribution < 1.29 is 19.4 Å². The average Bonchev–Trinajstić information content (AvgIpc) is 2.43. The third-order valence-corrected chi connectivity index (χ3v) is 3.62. The minimum atomic E-state index is -0.938. The highest BCUT2D eigenvalue weighted by molar-refractivity contribution is 5.79. The Labute approximate surface area is 131 Å². The molecule has 22 heavy (non-hydrogen) atoms. The molecule has 0 heterocycles. The zero-order valence-corrected chi connectivity index (χ0v) is 13.8. The van der Waals surface area contributed by atoms with E-state index < -0.39 is 17.9 Å². The van der Waals surface area contributed by atoms with Gasteiger partial charge in [0.05, 0.1) is 5.92 Å². The van der Waals surface area contributed by atoms with Crippen molar-refractivity contribution in [1.82, 2.24) is 5.32 Å². The molecule has 0 aliphatic carbocycles. The van der Waals surface area contributed by atoms with Crippen molar-refractivity contribution in [3.05, 3.63) is 29.8 Å². The fourth-order valence-corrected chi connectivity index (χ4v) is 1.83. The largest absolute Gasteiger partial charge is 0.484 e. The van der Waals surface area contributed by atoms with Crippen LogP contribution in [0.25, 0.3) is 0 Å². The first kappa shape index (κ1) is 18.0. The maximum absolute atomic E-state index is 11.8. The van der Waals surface area contributed by atoms with Crippen molar-refractivity contribution in [3.8, 4) is 5.75 Å². The number of rotatable bonds is 6. The van der Waals surface area contributed by atoms with Crippen molar-refractivity contribution in [2.45, 2.75) is 46.1 Å². The Morgan fingerprint density at radius 2 is 1.73 bits per heavy atom. The number of carboxylic acid groups (broad SMARTS) is 1. The van der Waals surface area contributed by atoms with E-state index >= 15 is 0 Å². The SMILES string of the molecule is CC(NC(=O)COc1ccc(C(C)(C)C)cc1)C(C)C(=O)O. The minimum Gasteiger partial charge on any atom is -0.484 e. The lowest BCUT2D eigenvalue weighted by atomic mass is 9.87. The summed E-state index contributed by atoms with van der Waals surface area (Å²) in [7, 11) is 0. The van der Waals surface area contributed by atoms with E-state index in [1.165, 1.54) is 5.56 Å². The van der Waals surface area contributed by atoms with E-state index in [0.717, 1.165) is 0 Å². The van der Waals surface area contributed by atoms with Crippen molar-refractivity contribution in [3.63, 3.8) is 0 Å². The van der Waals surface area contributed by atoms with E-state index in [1.807, 2.05) is 24.3 Å². The number of benzene rings is 1. The molecule has 1 aromatic carbocycles. The maximum Gasteiger partial charge on any atom is 0.308 e. The van der Waals surface area contributed by atoms with E-state index in [0.29, 0.717) is 5.75 Å². The highest BCUT2D eigenvalue weighted by atomic mass is 16.5. The molecular weight excluding hydrogens is 282 g/mol. The Kier molecular flexibility index (Phi) is 5.97. The predicted octanol–water partition coefficient (Wildman–Crippen LogP) is 2.59. The number of aliphatic carboxylic acids is 1. The molecule has 1 aromatic rings. The molecule has 1 amide bonds. The number of carbonyl (C=O) groups is 2. The van der Waals surface area contributed by atoms with Crippen LogP contribution in [0.3, 0.4) is 0 Å². The minimum absolute atomic E-state index is 0.0678. The van der Waals surface area contributed by atoms with Crippen LogP contribution < -0.4 is 10.1 Å². The quantitative estimate of drug-likeness (QED) is 0.847. The van der Waals surface area contributed by atoms with Gasteiger partial charge in [-0.2, -0.15) is 0 Å². The topological polar surface area (TPSA) is 75.6 Å². The van der Waals surface area contributed by atoms with Crippen LogP contribution in [0.2, 0.25) is 0 Å². The number of amides is 1. The summed E-state index contributed by atoms with van der Waals surface area (Å²) in [6.45, 7) is 9.46. The van der Waals surface area contributed by atoms with Gasteiger partial charge in [0.2, 0.25) is 0 Å². The van der Waals surface area contributed by atoms with Crippen LogP contribution in [0.5, 0.6) is 5.75 Å². The molecule has 0 spiro atoms. The molecule has 5 heteroatoms. The molecule has 0 radical (unpaired) electrons. The highest BCUT2D eigenvalue weighted by Crippen LogP contribution is 2.24. The normalized spacial score (nSPS) is 14.0. The second-order valence-electron chi connectivity index (χ2n) is 6.55. The summed E-state index contributed by atoms with van der Waals surface area (Å²) >= 11 is 0. The molecule has 5 nitrogen and oxygen atoms in total. The number of ether oxygens (including phenoxy) is 1. The van der Waals surface area contributed by atoms with Gasteiger partial charge in [-0.05, 0) is 37.0 Å². The van der Waals surface area contributed by atoms with Gasteiger partial charge in [-0.25, -0.2) is 0 Å². The molecule has 122 valence electrons. The number of hydrogen-bond donors (Lipinski definition) is 2. The van der Waals surface area contributed by atoms with Crippen molar-refractivity contribution in [1.29, 1.82) is 0 Å². The maximum atomic E-state index is 11.8. The van der Waals surface area contributed by atoms with Crippen LogP contribution in [-0.2, 0) is 15.0 Å². The molecule has 0 fully saturated rings. The van der Waals surface area contributed by atoms with Gasteiger partial charge < -0.3 is 15.2 Å². The summed E-state index contributed by atoms with van der Waals surface area (Å²) < 4.78 is 5.42. The first-order chi connectivity index (χ1) is 10.1. The third kappa shape index (κ3) is 5.39. The van der Waals surface area contributed by atoms with Gasteiger partial charge in [-0.15, -0.1) is 0 Å². The van der Waals surface area contributed by atoms with Crippen molar-refractivity contribution >= 4 is 11.9 Å². The number of nitrogens with one attached hydrogen (secondary N) is 1. The summed E-state index contributed by atoms with van der Waals surface area (Å²) in [6.07, 6.45) is 0. The molecule has 0 bridgehead atoms. The van der Waals surface area contributed by atoms with E-state index in [-0.39, 0.29) is 17.9 Å². The first-order valence-electron chi connectivity index (χ1n) is 7.36. The lowest BCUT2D eigenvalue weighted by molar-refractivity contribution is -0.142. The van der Waals surface area contributed by atoms with Gasteiger partial charge in [0.25, 0.3) is 5.91 Å². The van der Waals surface area contributed by atoms with Crippen molar-refractivity contribution in [2.75, 3.05) is 6.61 Å². The van der Waals surface area contributed by atoms with Gasteiger partial charge in [-0.1, -0.05) is 32.9 Å². The van der Waals surface area contributed by atoms with Gasteiger partial charge in [-0.3, -0.25) is 9.59 Å². The van der Waals surface area contributed by atoms with Crippen LogP contribution in [0.1, 0.15) is 40.2 Å². The molecule has 0 saturated heterocycles. The van der Waals surface area contributed by atoms with E-state index in [1.54, 1.807) is 13.8 Å². The monoisotopic (exact) mass is 307 g/mol. The molecule has 0 aliphatic rings. The predicted molar refractivity (Wildman–Crippen MR) is 85.0 cm³/mol. The molecule has 0 aliphatic heterocycles. The fourth-order valence-electron chi connectivity index (χ4n) is 1.83. The lowest BCUT2D eigenvalue weighted by Gasteiger charge is -2.19. The van der Waals surface area contributed by atoms with Crippen LogP contribution in [0.15, 0.2) is 24.3 Å². The molecule has 0 saturated carbocycles. The first-order valence-corrected chi connectivity index (χ1v) is 7.36. The van der Waals surface area contributed by atoms with Gasteiger partial charge in [0.1, 0.15) is 5.75 Å². The number of hydrogen-bond acceptors (Lipinski definition) is 3. The summed E-state index contributed by atoms with van der Waals surface area (Å²) in [6, 6.07) is 7.16. The zero-order chi connectivity index (χ0) is 16.9. The molecule has 2 N–H and O–H groups in total. The highest BCUT2D eigenvalue weighted by Gasteiger charge is 2.21. The van der Waals surface area contributed by atoms with E-state index in [2.05, 4.69) is 26.1 Å². The van der Waals surface area contributed by atoms with Crippen LogP contribution in [0, 0.1) is 5.92 Å². The molecule has 1 rings (SSSR count). The molecule has 0 aromatic heterocycles. The average molecular weight is 307 g/mol. The lowest BCUT2D eigenvalue weighted by Crippen LogP contribution is -2.42. The van der Waals surface area contributed by atoms with Gasteiger partial charge in [0, 0.05) is 6.04 Å². The van der Waals surface area contributed by atoms with Crippen LogP contribution >= 0.6 is 0 Å². The van der Waals surface area contributed by atoms with E-state index in [4.69, 9.17) is 9.84 Å². The Balaban J connectivity index is 2.49. The number of carbonyl (C=O) groups excluding carboxylic acids is 1. The Morgan fingerprint density at radius 1 is 1.18 bits per heavy atom. The van der Waals surface area contributed by atoms with Crippen molar-refractivity contribution in [2.24, 2.45) is 5.92 Å². The Morgan fingerprint density at radius 3 is 2.18 bits per heavy atom. The third-order valence-electron chi connectivity index (χ3n) is 3.62. The summed E-state index contributed by atoms with van der Waals surface area (Å²) in [5.41, 5.74) is 1.26. The fraction of sp³-hybridized carbons (Fsp3) is 0.529. The van der Waals surface area contributed by atoms with E-state index in [9.17, 15) is 9.59 Å². The Hall–Kier alpha value is -2.04. The van der Waals surface area contributed by atoms with Gasteiger partial charge in [0.15, 0.2) is 6.61 Å². The summed E-state index contributed by atoms with van der Waals surface area (Å²) in [5, 5.41) is 11.5. The Bertz CT molecular complexity index is 516. The summed E-state index contributed by atoms with van der Waals surface area (Å²) in [5.74, 6) is -1.30. The summed E-state index contributed by atoms with van der Waals surface area (Å²) in [4.78, 5) is 22.6. The zero-order valence-electron chi connectivity index (χ0n) is 13.8. The molecule has 2 atom stereocenters. The molecule has 2 unspecified atom stereocenters. The van der Waals surface area contributed by atoms with Gasteiger partial charge >= 0.3 is 5.97 Å². The van der Waals surface area contributed by atoms with Crippen LogP contribution in [-0.4, -0.2) is 29.6 Å². The second kappa shape index (κ2) is 7.29. The second-order valence-corrected chi connectivity index (χ2v) is 6.55.